The van der Waals surface area contributed by atoms with Crippen LogP contribution in [0.1, 0.15) is 17.3 Å². The molecule has 0 saturated carbocycles. The van der Waals surface area contributed by atoms with Gasteiger partial charge in [-0.15, -0.1) is 0 Å². The van der Waals surface area contributed by atoms with Crippen LogP contribution in [0.4, 0.5) is 5.69 Å². The molecule has 9 heteroatoms. The van der Waals surface area contributed by atoms with E-state index in [1.807, 2.05) is 0 Å². The number of carbonyl (C=O) groups is 2. The molecule has 0 unspecified atom stereocenters. The van der Waals surface area contributed by atoms with Crippen molar-refractivity contribution in [2.24, 2.45) is 0 Å². The predicted octanol–water partition coefficient (Wildman–Crippen LogP) is 2.11. The SMILES string of the molecule is CCN(C)C(=O)CNC(=O)c1cc(Cl)c(Cl)c([N+](=O)[O-])c1. The molecule has 114 valence electrons. The van der Waals surface area contributed by atoms with E-state index in [4.69, 9.17) is 23.2 Å². The van der Waals surface area contributed by atoms with Crippen molar-refractivity contribution in [2.75, 3.05) is 20.1 Å². The lowest BCUT2D eigenvalue weighted by atomic mass is 10.2. The molecule has 1 rings (SSSR count). The molecule has 0 spiro atoms. The molecular formula is C12H13Cl2N3O4. The summed E-state index contributed by atoms with van der Waals surface area (Å²) in [7, 11) is 1.60. The molecule has 0 atom stereocenters. The maximum Gasteiger partial charge on any atom is 0.290 e. The highest BCUT2D eigenvalue weighted by atomic mass is 35.5. The molecule has 0 aliphatic heterocycles. The van der Waals surface area contributed by atoms with Gasteiger partial charge in [-0.25, -0.2) is 0 Å². The number of amides is 2. The normalized spacial score (nSPS) is 10.1. The van der Waals surface area contributed by atoms with Crippen LogP contribution in [0.2, 0.25) is 10.0 Å². The zero-order chi connectivity index (χ0) is 16.2. The van der Waals surface area contributed by atoms with Gasteiger partial charge in [-0.1, -0.05) is 23.2 Å². The number of halogens is 2. The molecule has 0 aromatic heterocycles. The van der Waals surface area contributed by atoms with Gasteiger partial charge in [-0.3, -0.25) is 19.7 Å². The van der Waals surface area contributed by atoms with Crippen molar-refractivity contribution in [1.82, 2.24) is 10.2 Å². The largest absolute Gasteiger partial charge is 0.345 e. The quantitative estimate of drug-likeness (QED) is 0.659. The van der Waals surface area contributed by atoms with Crippen LogP contribution in [0.3, 0.4) is 0 Å². The van der Waals surface area contributed by atoms with Crippen molar-refractivity contribution in [2.45, 2.75) is 6.92 Å². The summed E-state index contributed by atoms with van der Waals surface area (Å²) < 4.78 is 0. The lowest BCUT2D eigenvalue weighted by Gasteiger charge is -2.14. The Kier molecular flexibility index (Phi) is 5.92. The number of benzene rings is 1. The maximum atomic E-state index is 11.9. The fourth-order valence-electron chi connectivity index (χ4n) is 1.41. The Morgan fingerprint density at radius 3 is 2.52 bits per heavy atom. The highest BCUT2D eigenvalue weighted by Crippen LogP contribution is 2.32. The van der Waals surface area contributed by atoms with Crippen LogP contribution in [-0.4, -0.2) is 41.8 Å². The second-order valence-electron chi connectivity index (χ2n) is 4.14. The van der Waals surface area contributed by atoms with Gasteiger partial charge in [-0.2, -0.15) is 0 Å². The molecule has 0 radical (unpaired) electrons. The summed E-state index contributed by atoms with van der Waals surface area (Å²) in [4.78, 5) is 35.0. The minimum absolute atomic E-state index is 0.0388. The molecule has 1 aromatic rings. The zero-order valence-electron chi connectivity index (χ0n) is 11.4. The Labute approximate surface area is 131 Å². The van der Waals surface area contributed by atoms with Crippen molar-refractivity contribution in [3.8, 4) is 0 Å². The monoisotopic (exact) mass is 333 g/mol. The standard InChI is InChI=1S/C12H13Cl2N3O4/c1-3-16(2)10(18)6-15-12(19)7-4-8(13)11(14)9(5-7)17(20)21/h4-5H,3,6H2,1-2H3,(H,15,19). The molecular weight excluding hydrogens is 321 g/mol. The van der Waals surface area contributed by atoms with Gasteiger partial charge in [0.05, 0.1) is 16.5 Å². The van der Waals surface area contributed by atoms with E-state index in [9.17, 15) is 19.7 Å². The smallest absolute Gasteiger partial charge is 0.290 e. The summed E-state index contributed by atoms with van der Waals surface area (Å²) >= 11 is 11.4. The molecule has 0 aliphatic carbocycles. The lowest BCUT2D eigenvalue weighted by molar-refractivity contribution is -0.384. The van der Waals surface area contributed by atoms with Gasteiger partial charge >= 0.3 is 0 Å². The molecule has 1 aromatic carbocycles. The van der Waals surface area contributed by atoms with Gasteiger partial charge < -0.3 is 10.2 Å². The summed E-state index contributed by atoms with van der Waals surface area (Å²) in [6.45, 7) is 2.09. The van der Waals surface area contributed by atoms with E-state index in [0.717, 1.165) is 6.07 Å². The minimum atomic E-state index is -0.735. The average Bonchev–Trinajstić information content (AvgIpc) is 2.45. The van der Waals surface area contributed by atoms with Crippen LogP contribution in [-0.2, 0) is 4.79 Å². The number of nitro groups is 1. The van der Waals surface area contributed by atoms with Gasteiger partial charge in [0.15, 0.2) is 0 Å². The fraction of sp³-hybridized carbons (Fsp3) is 0.333. The molecule has 7 nitrogen and oxygen atoms in total. The van der Waals surface area contributed by atoms with E-state index >= 15 is 0 Å². The first kappa shape index (κ1) is 17.2. The van der Waals surface area contributed by atoms with Gasteiger partial charge in [0, 0.05) is 25.2 Å². The zero-order valence-corrected chi connectivity index (χ0v) is 12.9. The Hall–Kier alpha value is -1.86. The average molecular weight is 334 g/mol. The van der Waals surface area contributed by atoms with E-state index in [1.165, 1.54) is 11.0 Å². The van der Waals surface area contributed by atoms with Crippen LogP contribution in [0.5, 0.6) is 0 Å². The number of hydrogen-bond acceptors (Lipinski definition) is 4. The molecule has 0 saturated heterocycles. The summed E-state index contributed by atoms with van der Waals surface area (Å²) in [5.74, 6) is -0.921. The van der Waals surface area contributed by atoms with E-state index < -0.39 is 16.5 Å². The van der Waals surface area contributed by atoms with Gasteiger partial charge in [0.2, 0.25) is 5.91 Å². The second-order valence-corrected chi connectivity index (χ2v) is 4.92. The van der Waals surface area contributed by atoms with Crippen LogP contribution in [0, 0.1) is 10.1 Å². The second kappa shape index (κ2) is 7.24. The highest BCUT2D eigenvalue weighted by Gasteiger charge is 2.20. The number of rotatable bonds is 5. The van der Waals surface area contributed by atoms with Crippen LogP contribution in [0.15, 0.2) is 12.1 Å². The third kappa shape index (κ3) is 4.30. The molecule has 21 heavy (non-hydrogen) atoms. The molecule has 0 fully saturated rings. The van der Waals surface area contributed by atoms with Crippen LogP contribution >= 0.6 is 23.2 Å². The fourth-order valence-corrected chi connectivity index (χ4v) is 1.80. The maximum absolute atomic E-state index is 11.9. The Morgan fingerprint density at radius 2 is 2.00 bits per heavy atom. The number of nitrogens with one attached hydrogen (secondary N) is 1. The Balaban J connectivity index is 2.89. The lowest BCUT2D eigenvalue weighted by Crippen LogP contribution is -2.38. The molecule has 1 N–H and O–H groups in total. The number of likely N-dealkylation sites (N-methyl/N-ethyl adjacent to an activating group) is 1. The first-order chi connectivity index (χ1) is 9.77. The first-order valence-electron chi connectivity index (χ1n) is 5.93. The van der Waals surface area contributed by atoms with Gasteiger partial charge in [-0.05, 0) is 13.0 Å². The summed E-state index contributed by atoms with van der Waals surface area (Å²) in [5, 5.41) is 12.8. The topological polar surface area (TPSA) is 92.6 Å². The number of nitrogens with zero attached hydrogens (tertiary/aromatic N) is 2. The van der Waals surface area contributed by atoms with E-state index in [0.29, 0.717) is 6.54 Å². The predicted molar refractivity (Wildman–Crippen MR) is 78.8 cm³/mol. The summed E-state index contributed by atoms with van der Waals surface area (Å²) in [6.07, 6.45) is 0. The summed E-state index contributed by atoms with van der Waals surface area (Å²) in [5.41, 5.74) is -0.505. The molecule has 0 heterocycles. The van der Waals surface area contributed by atoms with Gasteiger partial charge in [0.25, 0.3) is 11.6 Å². The number of carbonyl (C=O) groups excluding carboxylic acids is 2. The van der Waals surface area contributed by atoms with Crippen molar-refractivity contribution in [1.29, 1.82) is 0 Å². The molecule has 2 amide bonds. The Bertz CT molecular complexity index is 592. The van der Waals surface area contributed by atoms with Crippen molar-refractivity contribution < 1.29 is 14.5 Å². The van der Waals surface area contributed by atoms with Crippen molar-refractivity contribution in [3.05, 3.63) is 37.9 Å². The van der Waals surface area contributed by atoms with Crippen molar-refractivity contribution >= 4 is 40.7 Å². The molecule has 0 bridgehead atoms. The third-order valence-electron chi connectivity index (χ3n) is 2.77. The number of hydrogen-bond donors (Lipinski definition) is 1. The van der Waals surface area contributed by atoms with Crippen LogP contribution < -0.4 is 5.32 Å². The Morgan fingerprint density at radius 1 is 1.38 bits per heavy atom. The van der Waals surface area contributed by atoms with Crippen LogP contribution in [0.25, 0.3) is 0 Å². The number of nitro benzene ring substituents is 1. The molecule has 0 aliphatic rings. The van der Waals surface area contributed by atoms with E-state index in [2.05, 4.69) is 5.32 Å². The minimum Gasteiger partial charge on any atom is -0.345 e. The van der Waals surface area contributed by atoms with Gasteiger partial charge in [0.1, 0.15) is 5.02 Å². The third-order valence-corrected chi connectivity index (χ3v) is 3.56. The van der Waals surface area contributed by atoms with E-state index in [1.54, 1.807) is 14.0 Å². The highest BCUT2D eigenvalue weighted by molar-refractivity contribution is 6.43. The first-order valence-corrected chi connectivity index (χ1v) is 6.69. The van der Waals surface area contributed by atoms with E-state index in [-0.39, 0.29) is 28.1 Å². The summed E-state index contributed by atoms with van der Waals surface area (Å²) in [6, 6.07) is 2.22. The van der Waals surface area contributed by atoms with Crippen molar-refractivity contribution in [3.63, 3.8) is 0 Å².